The molecular weight excluding hydrogens is 214 g/mol. The van der Waals surface area contributed by atoms with Gasteiger partial charge in [0.15, 0.2) is 0 Å². The van der Waals surface area contributed by atoms with E-state index < -0.39 is 0 Å². The molecule has 0 aromatic heterocycles. The molecule has 2 saturated heterocycles. The van der Waals surface area contributed by atoms with Crippen LogP contribution in [-0.2, 0) is 4.74 Å². The maximum absolute atomic E-state index is 10.1. The second-order valence-corrected chi connectivity index (χ2v) is 5.72. The summed E-state index contributed by atoms with van der Waals surface area (Å²) >= 11 is 0. The number of likely N-dealkylation sites (tertiary alicyclic amines) is 1. The van der Waals surface area contributed by atoms with Crippen LogP contribution in [0.4, 0.5) is 0 Å². The highest BCUT2D eigenvalue weighted by molar-refractivity contribution is 4.79. The fourth-order valence-electron chi connectivity index (χ4n) is 3.14. The van der Waals surface area contributed by atoms with Crippen LogP contribution in [0, 0.1) is 11.8 Å². The number of rotatable bonds is 5. The van der Waals surface area contributed by atoms with Gasteiger partial charge in [-0.2, -0.15) is 0 Å². The molecular formula is C14H27NO2. The number of ether oxygens (including phenoxy) is 1. The molecule has 1 N–H and O–H groups in total. The Bertz CT molecular complexity index is 208. The lowest BCUT2D eigenvalue weighted by atomic mass is 9.92. The van der Waals surface area contributed by atoms with Crippen LogP contribution in [-0.4, -0.2) is 49.0 Å². The highest BCUT2D eigenvalue weighted by Crippen LogP contribution is 2.23. The van der Waals surface area contributed by atoms with Crippen molar-refractivity contribution in [3.63, 3.8) is 0 Å². The first-order chi connectivity index (χ1) is 8.29. The van der Waals surface area contributed by atoms with Crippen molar-refractivity contribution in [2.75, 3.05) is 32.8 Å². The lowest BCUT2D eigenvalue weighted by Crippen LogP contribution is -2.41. The van der Waals surface area contributed by atoms with Crippen LogP contribution in [0.2, 0.25) is 0 Å². The summed E-state index contributed by atoms with van der Waals surface area (Å²) in [5, 5.41) is 10.1. The number of piperidine rings is 1. The Hall–Kier alpha value is -0.120. The zero-order chi connectivity index (χ0) is 12.1. The van der Waals surface area contributed by atoms with Gasteiger partial charge < -0.3 is 14.7 Å². The third-order valence-electron chi connectivity index (χ3n) is 4.36. The summed E-state index contributed by atoms with van der Waals surface area (Å²) < 4.78 is 5.34. The van der Waals surface area contributed by atoms with E-state index in [2.05, 4.69) is 11.8 Å². The Kier molecular flexibility index (Phi) is 5.26. The summed E-state index contributed by atoms with van der Waals surface area (Å²) in [5.74, 6) is 1.31. The van der Waals surface area contributed by atoms with Crippen LogP contribution in [0.25, 0.3) is 0 Å². The van der Waals surface area contributed by atoms with Crippen molar-refractivity contribution >= 4 is 0 Å². The Morgan fingerprint density at radius 3 is 2.65 bits per heavy atom. The Morgan fingerprint density at radius 1 is 1.29 bits per heavy atom. The van der Waals surface area contributed by atoms with Crippen molar-refractivity contribution in [2.24, 2.45) is 11.8 Å². The Balaban J connectivity index is 1.66. The molecule has 3 nitrogen and oxygen atoms in total. The summed E-state index contributed by atoms with van der Waals surface area (Å²) in [4.78, 5) is 2.44. The molecule has 0 spiro atoms. The van der Waals surface area contributed by atoms with Crippen molar-refractivity contribution in [3.05, 3.63) is 0 Å². The van der Waals surface area contributed by atoms with Gasteiger partial charge in [-0.15, -0.1) is 0 Å². The minimum atomic E-state index is -0.180. The van der Waals surface area contributed by atoms with Crippen LogP contribution in [0.5, 0.6) is 0 Å². The molecule has 0 saturated carbocycles. The second kappa shape index (κ2) is 6.72. The minimum Gasteiger partial charge on any atom is -0.391 e. The summed E-state index contributed by atoms with van der Waals surface area (Å²) in [6.45, 7) is 7.07. The normalized spacial score (nSPS) is 29.6. The number of nitrogens with zero attached hydrogens (tertiary/aromatic N) is 1. The third-order valence-corrected chi connectivity index (χ3v) is 4.36. The minimum absolute atomic E-state index is 0.180. The fourth-order valence-corrected chi connectivity index (χ4v) is 3.14. The standard InChI is InChI=1S/C14H27NO2/c1-2-3-12-4-7-15(8-5-12)10-14(16)13-6-9-17-11-13/h12-14,16H,2-11H2,1H3. The molecule has 0 aromatic rings. The van der Waals surface area contributed by atoms with Gasteiger partial charge in [-0.25, -0.2) is 0 Å². The average molecular weight is 241 g/mol. The molecule has 2 aliphatic rings. The summed E-state index contributed by atoms with van der Waals surface area (Å²) in [7, 11) is 0. The number of aliphatic hydroxyl groups excluding tert-OH is 1. The molecule has 100 valence electrons. The monoisotopic (exact) mass is 241 g/mol. The molecule has 2 unspecified atom stereocenters. The molecule has 0 bridgehead atoms. The first-order valence-electron chi connectivity index (χ1n) is 7.27. The molecule has 0 amide bonds. The fraction of sp³-hybridized carbons (Fsp3) is 1.00. The van der Waals surface area contributed by atoms with Crippen molar-refractivity contribution in [1.82, 2.24) is 4.90 Å². The van der Waals surface area contributed by atoms with E-state index in [1.807, 2.05) is 0 Å². The van der Waals surface area contributed by atoms with E-state index in [9.17, 15) is 5.11 Å². The van der Waals surface area contributed by atoms with Gasteiger partial charge in [-0.1, -0.05) is 19.8 Å². The van der Waals surface area contributed by atoms with Gasteiger partial charge in [0, 0.05) is 19.1 Å². The van der Waals surface area contributed by atoms with E-state index in [4.69, 9.17) is 4.74 Å². The summed E-state index contributed by atoms with van der Waals surface area (Å²) in [6.07, 6.45) is 6.19. The lowest BCUT2D eigenvalue weighted by Gasteiger charge is -2.34. The van der Waals surface area contributed by atoms with Gasteiger partial charge >= 0.3 is 0 Å². The van der Waals surface area contributed by atoms with Crippen molar-refractivity contribution in [1.29, 1.82) is 0 Å². The predicted molar refractivity (Wildman–Crippen MR) is 69.0 cm³/mol. The number of aliphatic hydroxyl groups is 1. The maximum atomic E-state index is 10.1. The lowest BCUT2D eigenvalue weighted by molar-refractivity contribution is 0.0435. The van der Waals surface area contributed by atoms with E-state index in [1.54, 1.807) is 0 Å². The van der Waals surface area contributed by atoms with E-state index in [-0.39, 0.29) is 6.10 Å². The number of hydrogen-bond donors (Lipinski definition) is 1. The SMILES string of the molecule is CCCC1CCN(CC(O)C2CCOC2)CC1. The topological polar surface area (TPSA) is 32.7 Å². The van der Waals surface area contributed by atoms with Gasteiger partial charge in [-0.3, -0.25) is 0 Å². The molecule has 3 heteroatoms. The number of β-amino-alcohol motifs (C(OH)–C–C–N with tert-alkyl or cyclic N) is 1. The van der Waals surface area contributed by atoms with Crippen LogP contribution in [0.15, 0.2) is 0 Å². The summed E-state index contributed by atoms with van der Waals surface area (Å²) in [5.41, 5.74) is 0. The molecule has 0 radical (unpaired) electrons. The van der Waals surface area contributed by atoms with Gasteiger partial charge in [0.05, 0.1) is 12.7 Å². The highest BCUT2D eigenvalue weighted by atomic mass is 16.5. The van der Waals surface area contributed by atoms with Gasteiger partial charge in [0.1, 0.15) is 0 Å². The van der Waals surface area contributed by atoms with Gasteiger partial charge in [-0.05, 0) is 38.3 Å². The summed E-state index contributed by atoms with van der Waals surface area (Å²) in [6, 6.07) is 0. The molecule has 2 fully saturated rings. The molecule has 2 heterocycles. The number of hydrogen-bond acceptors (Lipinski definition) is 3. The van der Waals surface area contributed by atoms with Crippen LogP contribution in [0.3, 0.4) is 0 Å². The van der Waals surface area contributed by atoms with E-state index in [0.717, 1.165) is 32.1 Å². The van der Waals surface area contributed by atoms with Crippen molar-refractivity contribution < 1.29 is 9.84 Å². The van der Waals surface area contributed by atoms with Gasteiger partial charge in [0.2, 0.25) is 0 Å². The van der Waals surface area contributed by atoms with E-state index in [0.29, 0.717) is 5.92 Å². The molecule has 17 heavy (non-hydrogen) atoms. The van der Waals surface area contributed by atoms with E-state index in [1.165, 1.54) is 38.8 Å². The molecule has 0 aromatic carbocycles. The van der Waals surface area contributed by atoms with Crippen molar-refractivity contribution in [3.8, 4) is 0 Å². The second-order valence-electron chi connectivity index (χ2n) is 5.72. The zero-order valence-corrected chi connectivity index (χ0v) is 11.1. The van der Waals surface area contributed by atoms with Crippen LogP contribution >= 0.6 is 0 Å². The van der Waals surface area contributed by atoms with Gasteiger partial charge in [0.25, 0.3) is 0 Å². The molecule has 2 atom stereocenters. The quantitative estimate of drug-likeness (QED) is 0.798. The predicted octanol–water partition coefficient (Wildman–Crippen LogP) is 1.90. The first kappa shape index (κ1) is 13.3. The highest BCUT2D eigenvalue weighted by Gasteiger charge is 2.27. The van der Waals surface area contributed by atoms with E-state index >= 15 is 0 Å². The maximum Gasteiger partial charge on any atom is 0.0718 e. The average Bonchev–Trinajstić information content (AvgIpc) is 2.86. The van der Waals surface area contributed by atoms with Crippen LogP contribution < -0.4 is 0 Å². The van der Waals surface area contributed by atoms with Crippen molar-refractivity contribution in [2.45, 2.75) is 45.1 Å². The first-order valence-corrected chi connectivity index (χ1v) is 7.27. The Labute approximate surface area is 105 Å². The zero-order valence-electron chi connectivity index (χ0n) is 11.1. The molecule has 0 aliphatic carbocycles. The van der Waals surface area contributed by atoms with Crippen LogP contribution in [0.1, 0.15) is 39.0 Å². The smallest absolute Gasteiger partial charge is 0.0718 e. The Morgan fingerprint density at radius 2 is 2.06 bits per heavy atom. The third kappa shape index (κ3) is 3.94. The molecule has 2 rings (SSSR count). The largest absolute Gasteiger partial charge is 0.391 e. The molecule has 2 aliphatic heterocycles.